The van der Waals surface area contributed by atoms with E-state index in [9.17, 15) is 70.2 Å². The van der Waals surface area contributed by atoms with Gasteiger partial charge in [0.25, 0.3) is 11.3 Å². The van der Waals surface area contributed by atoms with Gasteiger partial charge in [0.2, 0.25) is 18.0 Å². The van der Waals surface area contributed by atoms with Gasteiger partial charge in [0, 0.05) is 0 Å². The zero-order valence-corrected chi connectivity index (χ0v) is 19.3. The first kappa shape index (κ1) is 32.7. The van der Waals surface area contributed by atoms with Gasteiger partial charge in [-0.3, -0.25) is 0 Å². The van der Waals surface area contributed by atoms with Crippen LogP contribution in [0.25, 0.3) is 0 Å². The number of allylic oxidation sites excluding steroid dienone is 2. The van der Waals surface area contributed by atoms with Gasteiger partial charge < -0.3 is 20.9 Å². The molecule has 234 valence electrons. The molecule has 0 spiro atoms. The first-order valence-corrected chi connectivity index (χ1v) is 10.3. The molecule has 3 rings (SSSR count). The number of rotatable bonds is 4. The Kier molecular flexibility index (Phi) is 7.70. The maximum absolute atomic E-state index is 15.2. The predicted octanol–water partition coefficient (Wildman–Crippen LogP) is 7.03. The Bertz CT molecular complexity index is 1420. The topological polar surface area (TPSA) is 70.5 Å². The molecule has 2 aliphatic rings. The summed E-state index contributed by atoms with van der Waals surface area (Å²) in [4.78, 5) is 0. The average Bonchev–Trinajstić information content (AvgIpc) is 2.82. The predicted molar refractivity (Wildman–Crippen MR) is 103 cm³/mol. The third kappa shape index (κ3) is 4.84. The van der Waals surface area contributed by atoms with Gasteiger partial charge >= 0.3 is 18.5 Å². The lowest BCUT2D eigenvalue weighted by Gasteiger charge is -2.37. The van der Waals surface area contributed by atoms with Crippen LogP contribution in [0.15, 0.2) is 52.9 Å². The van der Waals surface area contributed by atoms with Crippen molar-refractivity contribution in [1.82, 2.24) is 0 Å². The summed E-state index contributed by atoms with van der Waals surface area (Å²) in [7, 11) is 0. The van der Waals surface area contributed by atoms with Gasteiger partial charge in [0.1, 0.15) is 5.56 Å². The van der Waals surface area contributed by atoms with Crippen molar-refractivity contribution in [2.45, 2.75) is 42.1 Å². The number of nitrogens with two attached hydrogens (primary N) is 2. The van der Waals surface area contributed by atoms with Crippen molar-refractivity contribution in [2.75, 3.05) is 0 Å². The molecule has 4 N–H and O–H groups in total. The van der Waals surface area contributed by atoms with Gasteiger partial charge in [-0.1, -0.05) is 0 Å². The van der Waals surface area contributed by atoms with Gasteiger partial charge in [0.15, 0.2) is 40.6 Å². The molecule has 0 saturated heterocycles. The van der Waals surface area contributed by atoms with Crippen molar-refractivity contribution >= 4 is 0 Å². The molecule has 4 atom stereocenters. The summed E-state index contributed by atoms with van der Waals surface area (Å²) in [5.41, 5.74) is -8.01. The van der Waals surface area contributed by atoms with Crippen LogP contribution in [-0.4, -0.2) is 35.9 Å². The summed E-state index contributed by atoms with van der Waals surface area (Å²) in [6.45, 7) is 0. The number of halogens is 17. The Hall–Kier alpha value is -3.81. The van der Waals surface area contributed by atoms with Gasteiger partial charge in [0.05, 0.1) is 11.4 Å². The van der Waals surface area contributed by atoms with Crippen molar-refractivity contribution in [1.29, 1.82) is 0 Å². The van der Waals surface area contributed by atoms with Crippen LogP contribution in [0.1, 0.15) is 5.56 Å². The molecule has 2 aliphatic carbocycles. The quantitative estimate of drug-likeness (QED) is 0.346. The minimum absolute atomic E-state index is 0.570. The van der Waals surface area contributed by atoms with E-state index >= 15 is 4.39 Å². The van der Waals surface area contributed by atoms with Crippen molar-refractivity contribution < 1.29 is 84.1 Å². The van der Waals surface area contributed by atoms with Crippen LogP contribution in [0, 0.1) is 11.6 Å². The Morgan fingerprint density at radius 2 is 0.976 bits per heavy atom. The Morgan fingerprint density at radius 3 is 1.31 bits per heavy atom. The lowest BCUT2D eigenvalue weighted by Crippen LogP contribution is -2.56. The van der Waals surface area contributed by atoms with Crippen LogP contribution in [-0.2, 0) is 6.18 Å². The summed E-state index contributed by atoms with van der Waals surface area (Å²) in [6.07, 6.45) is -28.9. The normalized spacial score (nSPS) is 27.6. The minimum Gasteiger partial charge on any atom is -0.475 e. The molecule has 0 saturated carbocycles. The Balaban J connectivity index is 2.30. The Labute approximate surface area is 220 Å². The fourth-order valence-electron chi connectivity index (χ4n) is 3.61. The summed E-state index contributed by atoms with van der Waals surface area (Å²) in [5, 5.41) is 0. The number of benzene rings is 1. The number of hydrogen-bond donors (Lipinski definition) is 2. The van der Waals surface area contributed by atoms with E-state index in [1.807, 2.05) is 0 Å². The summed E-state index contributed by atoms with van der Waals surface area (Å²) < 4.78 is 245. The van der Waals surface area contributed by atoms with E-state index < -0.39 is 124 Å². The van der Waals surface area contributed by atoms with Crippen molar-refractivity contribution in [2.24, 2.45) is 11.5 Å². The largest absolute Gasteiger partial charge is 0.475 e. The first-order chi connectivity index (χ1) is 18.8. The molecule has 0 aliphatic heterocycles. The lowest BCUT2D eigenvalue weighted by atomic mass is 9.89. The molecule has 4 unspecified atom stereocenters. The highest BCUT2D eigenvalue weighted by atomic mass is 19.4. The molecule has 21 heteroatoms. The van der Waals surface area contributed by atoms with E-state index in [0.29, 0.717) is 0 Å². The number of ether oxygens (including phenoxy) is 2. The molecule has 4 nitrogen and oxygen atoms in total. The van der Waals surface area contributed by atoms with Crippen molar-refractivity contribution in [3.05, 3.63) is 70.1 Å². The summed E-state index contributed by atoms with van der Waals surface area (Å²) >= 11 is 0. The zero-order chi connectivity index (χ0) is 32.5. The second-order valence-electron chi connectivity index (χ2n) is 8.38. The zero-order valence-electron chi connectivity index (χ0n) is 19.3. The second kappa shape index (κ2) is 9.89. The van der Waals surface area contributed by atoms with E-state index in [0.717, 1.165) is 0 Å². The minimum atomic E-state index is -6.59. The van der Waals surface area contributed by atoms with E-state index in [4.69, 9.17) is 11.5 Å². The van der Waals surface area contributed by atoms with Crippen molar-refractivity contribution in [3.63, 3.8) is 0 Å². The molecule has 0 heterocycles. The maximum atomic E-state index is 15.2. The molecule has 1 aromatic rings. The van der Waals surface area contributed by atoms with Gasteiger partial charge in [-0.05, 0) is 18.2 Å². The molecule has 0 radical (unpaired) electrons. The van der Waals surface area contributed by atoms with E-state index in [2.05, 4.69) is 9.47 Å². The lowest BCUT2D eigenvalue weighted by molar-refractivity contribution is -0.245. The van der Waals surface area contributed by atoms with Crippen LogP contribution in [0.3, 0.4) is 0 Å². The number of hydrogen-bond acceptors (Lipinski definition) is 4. The van der Waals surface area contributed by atoms with Crippen LogP contribution >= 0.6 is 0 Å². The molecule has 1 aromatic carbocycles. The van der Waals surface area contributed by atoms with Crippen LogP contribution in [0.4, 0.5) is 74.6 Å². The maximum Gasteiger partial charge on any atom is 0.433 e. The van der Waals surface area contributed by atoms with Gasteiger partial charge in [-0.25, -0.2) is 30.7 Å². The fourth-order valence-corrected chi connectivity index (χ4v) is 3.61. The average molecular weight is 644 g/mol. The van der Waals surface area contributed by atoms with E-state index in [-0.39, 0.29) is 0 Å². The van der Waals surface area contributed by atoms with Gasteiger partial charge in [-0.2, -0.15) is 43.9 Å². The molecular formula is C21H9F17N2O2. The highest BCUT2D eigenvalue weighted by Crippen LogP contribution is 2.53. The SMILES string of the molecule is NC1=C(F)C(Oc2c(F)cc(C(F)(F)F)c(OC3C(F)=C(N)C=C(F)C3(F)C(F)(F)F)c2F)C(F)(C(F)(F)F)C(F)=C1. The highest BCUT2D eigenvalue weighted by molar-refractivity contribution is 5.49. The summed E-state index contributed by atoms with van der Waals surface area (Å²) in [6, 6.07) is -1.01. The third-order valence-corrected chi connectivity index (χ3v) is 5.73. The molecular weight excluding hydrogens is 635 g/mol. The number of alkyl halides is 11. The molecule has 0 bridgehead atoms. The van der Waals surface area contributed by atoms with Crippen molar-refractivity contribution in [3.8, 4) is 11.5 Å². The van der Waals surface area contributed by atoms with E-state index in [1.165, 1.54) is 0 Å². The highest BCUT2D eigenvalue weighted by Gasteiger charge is 2.70. The first-order valence-electron chi connectivity index (χ1n) is 10.3. The fraction of sp³-hybridized carbons (Fsp3) is 0.333. The molecule has 0 amide bonds. The van der Waals surface area contributed by atoms with Gasteiger partial charge in [-0.15, -0.1) is 0 Å². The van der Waals surface area contributed by atoms with Crippen LogP contribution in [0.5, 0.6) is 11.5 Å². The third-order valence-electron chi connectivity index (χ3n) is 5.73. The molecule has 42 heavy (non-hydrogen) atoms. The summed E-state index contributed by atoms with van der Waals surface area (Å²) in [5.74, 6) is -23.0. The van der Waals surface area contributed by atoms with Crippen LogP contribution < -0.4 is 20.9 Å². The standard InChI is InChI=1S/C21H9F17N2O2/c22-5-1-4(19(30,31)32)13(41-15-10(25)6(39)2-8(23)17(15,28)20(33,34)35)12(27)14(5)42-16-11(26)7(40)3-9(24)18(16,29)21(36,37)38/h1-3,15-16H,39-40H2. The second-order valence-corrected chi connectivity index (χ2v) is 8.38. The molecule has 0 aromatic heterocycles. The Morgan fingerprint density at radius 1 is 0.619 bits per heavy atom. The van der Waals surface area contributed by atoms with E-state index in [1.54, 1.807) is 0 Å². The molecule has 0 fully saturated rings. The van der Waals surface area contributed by atoms with Crippen LogP contribution in [0.2, 0.25) is 0 Å². The smallest absolute Gasteiger partial charge is 0.433 e. The monoisotopic (exact) mass is 644 g/mol.